The van der Waals surface area contributed by atoms with E-state index in [2.05, 4.69) is 31.0 Å². The van der Waals surface area contributed by atoms with Crippen molar-refractivity contribution < 1.29 is 9.90 Å². The fraction of sp³-hybridized carbons (Fsp3) is 0.917. The maximum absolute atomic E-state index is 10.6. The summed E-state index contributed by atoms with van der Waals surface area (Å²) < 4.78 is 0. The van der Waals surface area contributed by atoms with Gasteiger partial charge in [-0.1, -0.05) is 13.8 Å². The quantitative estimate of drug-likeness (QED) is 0.741. The first-order valence-electron chi connectivity index (χ1n) is 6.19. The van der Waals surface area contributed by atoms with Crippen LogP contribution >= 0.6 is 0 Å². The third-order valence-corrected chi connectivity index (χ3v) is 3.12. The standard InChI is InChI=1S/C12H24N2O2/c1-9(2)8-14-10(3)6-13-7-11(14)4-5-12(15)16/h9-11,13H,4-8H2,1-3H3,(H,15,16). The van der Waals surface area contributed by atoms with Crippen molar-refractivity contribution in [1.29, 1.82) is 0 Å². The van der Waals surface area contributed by atoms with E-state index in [1.165, 1.54) is 0 Å². The Bertz CT molecular complexity index is 231. The van der Waals surface area contributed by atoms with Gasteiger partial charge in [-0.25, -0.2) is 0 Å². The molecule has 0 spiro atoms. The lowest BCUT2D eigenvalue weighted by molar-refractivity contribution is -0.137. The predicted octanol–water partition coefficient (Wildman–Crippen LogP) is 1.17. The summed E-state index contributed by atoms with van der Waals surface area (Å²) in [7, 11) is 0. The van der Waals surface area contributed by atoms with E-state index >= 15 is 0 Å². The molecule has 0 aromatic heterocycles. The summed E-state index contributed by atoms with van der Waals surface area (Å²) in [6.07, 6.45) is 1.02. The lowest BCUT2D eigenvalue weighted by Crippen LogP contribution is -2.57. The summed E-state index contributed by atoms with van der Waals surface area (Å²) >= 11 is 0. The highest BCUT2D eigenvalue weighted by molar-refractivity contribution is 5.66. The zero-order valence-electron chi connectivity index (χ0n) is 10.6. The molecular weight excluding hydrogens is 204 g/mol. The zero-order chi connectivity index (χ0) is 12.1. The van der Waals surface area contributed by atoms with E-state index in [4.69, 9.17) is 5.11 Å². The van der Waals surface area contributed by atoms with Crippen molar-refractivity contribution in [3.8, 4) is 0 Å². The fourth-order valence-corrected chi connectivity index (χ4v) is 2.36. The summed E-state index contributed by atoms with van der Waals surface area (Å²) in [5.41, 5.74) is 0. The maximum atomic E-state index is 10.6. The monoisotopic (exact) mass is 228 g/mol. The average Bonchev–Trinajstić information content (AvgIpc) is 2.18. The molecule has 0 bridgehead atoms. The Kier molecular flexibility index (Phi) is 5.22. The summed E-state index contributed by atoms with van der Waals surface area (Å²) in [4.78, 5) is 13.1. The van der Waals surface area contributed by atoms with E-state index in [0.29, 0.717) is 18.0 Å². The average molecular weight is 228 g/mol. The van der Waals surface area contributed by atoms with Crippen molar-refractivity contribution in [3.63, 3.8) is 0 Å². The number of rotatable bonds is 5. The van der Waals surface area contributed by atoms with Gasteiger partial charge in [-0.05, 0) is 19.3 Å². The van der Waals surface area contributed by atoms with Crippen LogP contribution in [0.5, 0.6) is 0 Å². The summed E-state index contributed by atoms with van der Waals surface area (Å²) in [5, 5.41) is 12.1. The van der Waals surface area contributed by atoms with Crippen LogP contribution < -0.4 is 5.32 Å². The van der Waals surface area contributed by atoms with Crippen LogP contribution in [0.3, 0.4) is 0 Å². The number of hydrogen-bond acceptors (Lipinski definition) is 3. The molecule has 0 amide bonds. The molecule has 2 N–H and O–H groups in total. The molecular formula is C12H24N2O2. The number of carboxylic acids is 1. The lowest BCUT2D eigenvalue weighted by atomic mass is 10.0. The molecule has 16 heavy (non-hydrogen) atoms. The highest BCUT2D eigenvalue weighted by Crippen LogP contribution is 2.16. The smallest absolute Gasteiger partial charge is 0.303 e. The Labute approximate surface area is 98.0 Å². The third-order valence-electron chi connectivity index (χ3n) is 3.12. The van der Waals surface area contributed by atoms with Gasteiger partial charge in [-0.15, -0.1) is 0 Å². The van der Waals surface area contributed by atoms with Crippen LogP contribution in [-0.2, 0) is 4.79 Å². The molecule has 1 heterocycles. The van der Waals surface area contributed by atoms with Crippen molar-refractivity contribution in [2.75, 3.05) is 19.6 Å². The molecule has 94 valence electrons. The van der Waals surface area contributed by atoms with E-state index < -0.39 is 5.97 Å². The highest BCUT2D eigenvalue weighted by atomic mass is 16.4. The highest BCUT2D eigenvalue weighted by Gasteiger charge is 2.27. The number of piperazine rings is 1. The van der Waals surface area contributed by atoms with Gasteiger partial charge in [0.15, 0.2) is 0 Å². The van der Waals surface area contributed by atoms with Gasteiger partial charge in [-0.2, -0.15) is 0 Å². The molecule has 1 rings (SSSR count). The minimum atomic E-state index is -0.692. The normalized spacial score (nSPS) is 27.2. The van der Waals surface area contributed by atoms with Gasteiger partial charge >= 0.3 is 5.97 Å². The van der Waals surface area contributed by atoms with Gasteiger partial charge in [0.05, 0.1) is 0 Å². The lowest BCUT2D eigenvalue weighted by Gasteiger charge is -2.42. The Morgan fingerprint density at radius 3 is 2.75 bits per heavy atom. The molecule has 0 radical (unpaired) electrons. The van der Waals surface area contributed by atoms with Crippen molar-refractivity contribution in [1.82, 2.24) is 10.2 Å². The topological polar surface area (TPSA) is 52.6 Å². The molecule has 0 aromatic carbocycles. The number of hydrogen-bond donors (Lipinski definition) is 2. The van der Waals surface area contributed by atoms with Crippen molar-refractivity contribution in [2.45, 2.75) is 45.7 Å². The molecule has 1 aliphatic heterocycles. The summed E-state index contributed by atoms with van der Waals surface area (Å²) in [6, 6.07) is 0.886. The van der Waals surface area contributed by atoms with Gasteiger partial charge < -0.3 is 10.4 Å². The Morgan fingerprint density at radius 1 is 1.50 bits per heavy atom. The SMILES string of the molecule is CC(C)CN1C(C)CNCC1CCC(=O)O. The molecule has 0 saturated carbocycles. The number of carboxylic acid groups (broad SMARTS) is 1. The van der Waals surface area contributed by atoms with Crippen molar-refractivity contribution >= 4 is 5.97 Å². The van der Waals surface area contributed by atoms with Gasteiger partial charge in [0.1, 0.15) is 0 Å². The largest absolute Gasteiger partial charge is 0.481 e. The molecule has 1 saturated heterocycles. The van der Waals surface area contributed by atoms with Gasteiger partial charge in [0, 0.05) is 38.1 Å². The molecule has 4 nitrogen and oxygen atoms in total. The molecule has 4 heteroatoms. The Hall–Kier alpha value is -0.610. The van der Waals surface area contributed by atoms with E-state index in [1.807, 2.05) is 0 Å². The maximum Gasteiger partial charge on any atom is 0.303 e. The first kappa shape index (κ1) is 13.5. The second-order valence-corrected chi connectivity index (χ2v) is 5.18. The second-order valence-electron chi connectivity index (χ2n) is 5.18. The van der Waals surface area contributed by atoms with E-state index in [9.17, 15) is 4.79 Å². The number of nitrogens with one attached hydrogen (secondary N) is 1. The number of nitrogens with zero attached hydrogens (tertiary/aromatic N) is 1. The summed E-state index contributed by atoms with van der Waals surface area (Å²) in [6.45, 7) is 9.63. The van der Waals surface area contributed by atoms with Gasteiger partial charge in [0.25, 0.3) is 0 Å². The van der Waals surface area contributed by atoms with Crippen LogP contribution in [0.25, 0.3) is 0 Å². The fourth-order valence-electron chi connectivity index (χ4n) is 2.36. The van der Waals surface area contributed by atoms with Gasteiger partial charge in [0.2, 0.25) is 0 Å². The van der Waals surface area contributed by atoms with E-state index in [1.54, 1.807) is 0 Å². The molecule has 2 unspecified atom stereocenters. The van der Waals surface area contributed by atoms with Gasteiger partial charge in [-0.3, -0.25) is 9.69 Å². The molecule has 2 atom stereocenters. The van der Waals surface area contributed by atoms with Crippen LogP contribution in [0, 0.1) is 5.92 Å². The number of carbonyl (C=O) groups is 1. The van der Waals surface area contributed by atoms with Crippen molar-refractivity contribution in [3.05, 3.63) is 0 Å². The number of aliphatic carboxylic acids is 1. The molecule has 0 aliphatic carbocycles. The van der Waals surface area contributed by atoms with Crippen molar-refractivity contribution in [2.24, 2.45) is 5.92 Å². The Balaban J connectivity index is 2.52. The molecule has 0 aromatic rings. The van der Waals surface area contributed by atoms with Crippen LogP contribution in [0.4, 0.5) is 0 Å². The van der Waals surface area contributed by atoms with Crippen LogP contribution in [0.15, 0.2) is 0 Å². The second kappa shape index (κ2) is 6.21. The van der Waals surface area contributed by atoms with E-state index in [0.717, 1.165) is 26.1 Å². The summed E-state index contributed by atoms with van der Waals surface area (Å²) in [5.74, 6) is -0.0596. The minimum Gasteiger partial charge on any atom is -0.481 e. The van der Waals surface area contributed by atoms with Crippen LogP contribution in [0.1, 0.15) is 33.6 Å². The van der Waals surface area contributed by atoms with Crippen LogP contribution in [0.2, 0.25) is 0 Å². The molecule has 1 aliphatic rings. The third kappa shape index (κ3) is 4.10. The first-order chi connectivity index (χ1) is 7.50. The Morgan fingerprint density at radius 2 is 2.19 bits per heavy atom. The predicted molar refractivity (Wildman–Crippen MR) is 64.5 cm³/mol. The minimum absolute atomic E-state index is 0.271. The zero-order valence-corrected chi connectivity index (χ0v) is 10.6. The van der Waals surface area contributed by atoms with E-state index in [-0.39, 0.29) is 6.42 Å². The first-order valence-corrected chi connectivity index (χ1v) is 6.19. The molecule has 1 fully saturated rings. The van der Waals surface area contributed by atoms with Crippen LogP contribution in [-0.4, -0.2) is 47.7 Å².